The molecular formula is C12H19FN2. The molecule has 0 aromatic carbocycles. The average molecular weight is 210 g/mol. The number of rotatable bonds is 6. The van der Waals surface area contributed by atoms with E-state index < -0.39 is 0 Å². The van der Waals surface area contributed by atoms with Crippen LogP contribution >= 0.6 is 0 Å². The molecule has 0 radical (unpaired) electrons. The van der Waals surface area contributed by atoms with Crippen LogP contribution in [-0.4, -0.2) is 17.6 Å². The van der Waals surface area contributed by atoms with Crippen molar-refractivity contribution >= 4 is 0 Å². The molecule has 0 saturated heterocycles. The van der Waals surface area contributed by atoms with Gasteiger partial charge in [0.15, 0.2) is 0 Å². The van der Waals surface area contributed by atoms with E-state index in [1.807, 2.05) is 0 Å². The number of hydrogen-bond acceptors (Lipinski definition) is 2. The topological polar surface area (TPSA) is 24.9 Å². The highest BCUT2D eigenvalue weighted by atomic mass is 19.1. The maximum atomic E-state index is 13.2. The van der Waals surface area contributed by atoms with Gasteiger partial charge in [0.05, 0.1) is 6.20 Å². The Kier molecular flexibility index (Phi) is 5.26. The number of hydrogen-bond donors (Lipinski definition) is 1. The molecule has 0 spiro atoms. The fraction of sp³-hybridized carbons (Fsp3) is 0.583. The van der Waals surface area contributed by atoms with Crippen molar-refractivity contribution in [3.63, 3.8) is 0 Å². The van der Waals surface area contributed by atoms with Crippen LogP contribution in [0.3, 0.4) is 0 Å². The molecule has 0 aliphatic rings. The lowest BCUT2D eigenvalue weighted by Gasteiger charge is -2.12. The summed E-state index contributed by atoms with van der Waals surface area (Å²) < 4.78 is 13.2. The highest BCUT2D eigenvalue weighted by Gasteiger charge is 2.04. The highest BCUT2D eigenvalue weighted by molar-refractivity contribution is 5.12. The second kappa shape index (κ2) is 6.51. The average Bonchev–Trinajstić information content (AvgIpc) is 2.25. The van der Waals surface area contributed by atoms with Gasteiger partial charge >= 0.3 is 0 Å². The van der Waals surface area contributed by atoms with Crippen molar-refractivity contribution in [3.05, 3.63) is 29.8 Å². The van der Waals surface area contributed by atoms with Gasteiger partial charge in [0.1, 0.15) is 5.82 Å². The van der Waals surface area contributed by atoms with Crippen LogP contribution in [0.15, 0.2) is 18.5 Å². The second-order valence-corrected chi connectivity index (χ2v) is 3.86. The Morgan fingerprint density at radius 1 is 1.53 bits per heavy atom. The van der Waals surface area contributed by atoms with Crippen LogP contribution in [0.25, 0.3) is 0 Å². The van der Waals surface area contributed by atoms with Gasteiger partial charge in [0, 0.05) is 12.2 Å². The number of nitrogens with zero attached hydrogens (tertiary/aromatic N) is 1. The highest BCUT2D eigenvalue weighted by Crippen LogP contribution is 2.08. The Morgan fingerprint density at radius 3 is 3.00 bits per heavy atom. The van der Waals surface area contributed by atoms with Crippen molar-refractivity contribution in [1.82, 2.24) is 10.3 Å². The zero-order valence-corrected chi connectivity index (χ0v) is 9.46. The summed E-state index contributed by atoms with van der Waals surface area (Å²) in [5, 5.41) is 3.38. The smallest absolute Gasteiger partial charge is 0.144 e. The number of aryl methyl sites for hydroxylation is 1. The van der Waals surface area contributed by atoms with Crippen LogP contribution in [0, 0.1) is 5.82 Å². The number of pyridine rings is 1. The maximum absolute atomic E-state index is 13.2. The Balaban J connectivity index is 2.33. The number of nitrogens with one attached hydrogen (secondary N) is 1. The van der Waals surface area contributed by atoms with Gasteiger partial charge in [-0.2, -0.15) is 0 Å². The van der Waals surface area contributed by atoms with E-state index in [1.54, 1.807) is 12.3 Å². The Hall–Kier alpha value is -0.960. The van der Waals surface area contributed by atoms with Crippen molar-refractivity contribution in [2.45, 2.75) is 39.2 Å². The summed E-state index contributed by atoms with van der Waals surface area (Å²) in [6, 6.07) is 2.19. The first kappa shape index (κ1) is 12.1. The minimum Gasteiger partial charge on any atom is -0.314 e. The monoisotopic (exact) mass is 210 g/mol. The summed E-state index contributed by atoms with van der Waals surface area (Å²) >= 11 is 0. The van der Waals surface area contributed by atoms with Gasteiger partial charge < -0.3 is 5.32 Å². The molecule has 0 bridgehead atoms. The first-order valence-corrected chi connectivity index (χ1v) is 5.55. The first-order valence-electron chi connectivity index (χ1n) is 5.55. The Labute approximate surface area is 90.9 Å². The molecule has 0 fully saturated rings. The SMILES string of the molecule is CCCNC(C)CCc1ccncc1F. The lowest BCUT2D eigenvalue weighted by atomic mass is 10.1. The fourth-order valence-electron chi connectivity index (χ4n) is 1.47. The molecule has 1 aromatic rings. The molecule has 2 nitrogen and oxygen atoms in total. The van der Waals surface area contributed by atoms with Gasteiger partial charge in [-0.15, -0.1) is 0 Å². The molecule has 0 amide bonds. The molecule has 1 N–H and O–H groups in total. The summed E-state index contributed by atoms with van der Waals surface area (Å²) in [6.45, 7) is 5.30. The molecule has 1 rings (SSSR count). The number of aromatic nitrogens is 1. The molecule has 1 atom stereocenters. The summed E-state index contributed by atoms with van der Waals surface area (Å²) in [4.78, 5) is 3.73. The maximum Gasteiger partial charge on any atom is 0.144 e. The van der Waals surface area contributed by atoms with Crippen molar-refractivity contribution in [2.24, 2.45) is 0 Å². The van der Waals surface area contributed by atoms with E-state index in [2.05, 4.69) is 24.1 Å². The quantitative estimate of drug-likeness (QED) is 0.780. The largest absolute Gasteiger partial charge is 0.314 e. The second-order valence-electron chi connectivity index (χ2n) is 3.86. The summed E-state index contributed by atoms with van der Waals surface area (Å²) in [6.07, 6.45) is 5.78. The van der Waals surface area contributed by atoms with Gasteiger partial charge in [-0.3, -0.25) is 4.98 Å². The predicted molar refractivity (Wildman–Crippen MR) is 60.3 cm³/mol. The molecule has 15 heavy (non-hydrogen) atoms. The van der Waals surface area contributed by atoms with E-state index in [9.17, 15) is 4.39 Å². The third-order valence-corrected chi connectivity index (χ3v) is 2.45. The normalized spacial score (nSPS) is 12.7. The Bertz CT molecular complexity index is 289. The van der Waals surface area contributed by atoms with Crippen molar-refractivity contribution in [1.29, 1.82) is 0 Å². The summed E-state index contributed by atoms with van der Waals surface area (Å²) in [5.41, 5.74) is 0.759. The minimum absolute atomic E-state index is 0.194. The van der Waals surface area contributed by atoms with E-state index >= 15 is 0 Å². The van der Waals surface area contributed by atoms with Crippen LogP contribution in [0.4, 0.5) is 4.39 Å². The molecule has 0 aliphatic heterocycles. The molecule has 0 saturated carbocycles. The lowest BCUT2D eigenvalue weighted by Crippen LogP contribution is -2.27. The molecule has 84 valence electrons. The van der Waals surface area contributed by atoms with Crippen molar-refractivity contribution in [3.8, 4) is 0 Å². The van der Waals surface area contributed by atoms with Crippen LogP contribution in [0.5, 0.6) is 0 Å². The lowest BCUT2D eigenvalue weighted by molar-refractivity contribution is 0.505. The van der Waals surface area contributed by atoms with E-state index in [4.69, 9.17) is 0 Å². The molecule has 1 heterocycles. The molecule has 3 heteroatoms. The zero-order chi connectivity index (χ0) is 11.1. The van der Waals surface area contributed by atoms with Gasteiger partial charge in [-0.1, -0.05) is 6.92 Å². The third kappa shape index (κ3) is 4.38. The van der Waals surface area contributed by atoms with Gasteiger partial charge in [0.25, 0.3) is 0 Å². The molecule has 1 aromatic heterocycles. The van der Waals surface area contributed by atoms with Crippen molar-refractivity contribution < 1.29 is 4.39 Å². The van der Waals surface area contributed by atoms with Crippen LogP contribution in [-0.2, 0) is 6.42 Å². The minimum atomic E-state index is -0.194. The Morgan fingerprint density at radius 2 is 2.33 bits per heavy atom. The van der Waals surface area contributed by atoms with E-state index in [1.165, 1.54) is 6.20 Å². The first-order chi connectivity index (χ1) is 7.24. The van der Waals surface area contributed by atoms with Gasteiger partial charge in [-0.05, 0) is 44.4 Å². The number of halogens is 1. The van der Waals surface area contributed by atoms with E-state index in [0.29, 0.717) is 6.04 Å². The zero-order valence-electron chi connectivity index (χ0n) is 9.46. The molecule has 0 aliphatic carbocycles. The molecule has 1 unspecified atom stereocenters. The standard InChI is InChI=1S/C12H19FN2/c1-3-7-15-10(2)4-5-11-6-8-14-9-12(11)13/h6,8-10,15H,3-5,7H2,1-2H3. The van der Waals surface area contributed by atoms with Crippen LogP contribution in [0.2, 0.25) is 0 Å². The third-order valence-electron chi connectivity index (χ3n) is 2.45. The summed E-state index contributed by atoms with van der Waals surface area (Å²) in [5.74, 6) is -0.194. The van der Waals surface area contributed by atoms with Crippen LogP contribution in [0.1, 0.15) is 32.3 Å². The van der Waals surface area contributed by atoms with Crippen LogP contribution < -0.4 is 5.32 Å². The van der Waals surface area contributed by atoms with Gasteiger partial charge in [-0.25, -0.2) is 4.39 Å². The van der Waals surface area contributed by atoms with Crippen molar-refractivity contribution in [2.75, 3.05) is 6.54 Å². The van der Waals surface area contributed by atoms with Gasteiger partial charge in [0.2, 0.25) is 0 Å². The van der Waals surface area contributed by atoms with E-state index in [-0.39, 0.29) is 5.82 Å². The fourth-order valence-corrected chi connectivity index (χ4v) is 1.47. The predicted octanol–water partition coefficient (Wildman–Crippen LogP) is 2.54. The van der Waals surface area contributed by atoms with E-state index in [0.717, 1.165) is 31.4 Å². The summed E-state index contributed by atoms with van der Waals surface area (Å²) in [7, 11) is 0. The molecular weight excluding hydrogens is 191 g/mol.